The summed E-state index contributed by atoms with van der Waals surface area (Å²) in [4.78, 5) is 14.7. The van der Waals surface area contributed by atoms with Crippen molar-refractivity contribution in [3.63, 3.8) is 0 Å². The summed E-state index contributed by atoms with van der Waals surface area (Å²) in [6.07, 6.45) is 1.85. The quantitative estimate of drug-likeness (QED) is 0.638. The number of carbonyl (C=O) groups is 1. The van der Waals surface area contributed by atoms with Crippen LogP contribution in [0.25, 0.3) is 0 Å². The van der Waals surface area contributed by atoms with E-state index in [-0.39, 0.29) is 26.6 Å². The Morgan fingerprint density at radius 2 is 2.00 bits per heavy atom. The van der Waals surface area contributed by atoms with E-state index in [1.54, 1.807) is 0 Å². The van der Waals surface area contributed by atoms with E-state index in [9.17, 15) is 4.79 Å². The number of rotatable bonds is 5. The minimum absolute atomic E-state index is 0.0133. The molecule has 0 atom stereocenters. The third kappa shape index (κ3) is 3.37. The molecule has 4 nitrogen and oxygen atoms in total. The molecule has 0 aliphatic rings. The zero-order chi connectivity index (χ0) is 13.0. The minimum Gasteiger partial charge on any atom is -0.478 e. The SMILES string of the molecule is CCCCNc1c(Cl)c(Cl)nc(Cl)c1C(=O)O. The van der Waals surface area contributed by atoms with E-state index >= 15 is 0 Å². The lowest BCUT2D eigenvalue weighted by atomic mass is 10.2. The van der Waals surface area contributed by atoms with Crippen molar-refractivity contribution >= 4 is 46.5 Å². The second-order valence-corrected chi connectivity index (χ2v) is 4.44. The van der Waals surface area contributed by atoms with Gasteiger partial charge in [0, 0.05) is 6.54 Å². The molecule has 0 fully saturated rings. The second-order valence-electron chi connectivity index (χ2n) is 3.34. The van der Waals surface area contributed by atoms with Gasteiger partial charge in [0.25, 0.3) is 0 Å². The monoisotopic (exact) mass is 296 g/mol. The topological polar surface area (TPSA) is 62.2 Å². The summed E-state index contributed by atoms with van der Waals surface area (Å²) in [7, 11) is 0. The Labute approximate surface area is 114 Å². The van der Waals surface area contributed by atoms with Gasteiger partial charge in [-0.05, 0) is 6.42 Å². The van der Waals surface area contributed by atoms with Crippen molar-refractivity contribution in [2.24, 2.45) is 0 Å². The Morgan fingerprint density at radius 1 is 1.35 bits per heavy atom. The molecule has 7 heteroatoms. The molecule has 1 rings (SSSR count). The Bertz CT molecular complexity index is 438. The summed E-state index contributed by atoms with van der Waals surface area (Å²) in [5.74, 6) is -1.19. The molecule has 0 aliphatic carbocycles. The van der Waals surface area contributed by atoms with Gasteiger partial charge in [-0.1, -0.05) is 48.1 Å². The smallest absolute Gasteiger partial charge is 0.341 e. The van der Waals surface area contributed by atoms with Gasteiger partial charge in [-0.2, -0.15) is 0 Å². The normalized spacial score (nSPS) is 10.4. The number of carboxylic acids is 1. The van der Waals surface area contributed by atoms with Crippen molar-refractivity contribution in [1.82, 2.24) is 4.98 Å². The van der Waals surface area contributed by atoms with Crippen LogP contribution in [0, 0.1) is 0 Å². The van der Waals surface area contributed by atoms with Crippen molar-refractivity contribution in [2.45, 2.75) is 19.8 Å². The van der Waals surface area contributed by atoms with Crippen LogP contribution in [0.3, 0.4) is 0 Å². The molecule has 0 saturated carbocycles. The molecule has 0 aromatic carbocycles. The number of aromatic nitrogens is 1. The van der Waals surface area contributed by atoms with Crippen molar-refractivity contribution < 1.29 is 9.90 Å². The zero-order valence-electron chi connectivity index (χ0n) is 9.06. The van der Waals surface area contributed by atoms with E-state index in [1.807, 2.05) is 6.92 Å². The van der Waals surface area contributed by atoms with Crippen LogP contribution in [0.5, 0.6) is 0 Å². The van der Waals surface area contributed by atoms with Crippen LogP contribution in [-0.4, -0.2) is 22.6 Å². The van der Waals surface area contributed by atoms with Crippen molar-refractivity contribution in [3.8, 4) is 0 Å². The molecule has 1 heterocycles. The predicted molar refractivity (Wildman–Crippen MR) is 69.6 cm³/mol. The molecule has 0 spiro atoms. The van der Waals surface area contributed by atoms with Crippen molar-refractivity contribution in [2.75, 3.05) is 11.9 Å². The van der Waals surface area contributed by atoms with E-state index in [1.165, 1.54) is 0 Å². The van der Waals surface area contributed by atoms with Gasteiger partial charge in [0.05, 0.1) is 5.69 Å². The first-order chi connectivity index (χ1) is 7.99. The van der Waals surface area contributed by atoms with Gasteiger partial charge in [-0.3, -0.25) is 0 Å². The molecule has 0 amide bonds. The van der Waals surface area contributed by atoms with Crippen LogP contribution in [0.15, 0.2) is 0 Å². The van der Waals surface area contributed by atoms with Crippen molar-refractivity contribution in [3.05, 3.63) is 20.9 Å². The Hall–Kier alpha value is -0.710. The first kappa shape index (κ1) is 14.4. The lowest BCUT2D eigenvalue weighted by Crippen LogP contribution is -2.10. The number of hydrogen-bond acceptors (Lipinski definition) is 3. The van der Waals surface area contributed by atoms with E-state index in [2.05, 4.69) is 10.3 Å². The van der Waals surface area contributed by atoms with Gasteiger partial charge in [0.15, 0.2) is 5.15 Å². The van der Waals surface area contributed by atoms with Crippen LogP contribution >= 0.6 is 34.8 Å². The summed E-state index contributed by atoms with van der Waals surface area (Å²) in [6.45, 7) is 2.61. The minimum atomic E-state index is -1.19. The standard InChI is InChI=1S/C10H11Cl3N2O2/c1-2-3-4-14-7-5(10(16)17)8(12)15-9(13)6(7)11/h2-4H2,1H3,(H,14,15)(H,16,17). The molecular weight excluding hydrogens is 286 g/mol. The van der Waals surface area contributed by atoms with E-state index in [4.69, 9.17) is 39.9 Å². The van der Waals surface area contributed by atoms with E-state index in [0.29, 0.717) is 6.54 Å². The molecule has 1 aromatic heterocycles. The van der Waals surface area contributed by atoms with Crippen molar-refractivity contribution in [1.29, 1.82) is 0 Å². The predicted octanol–water partition coefficient (Wildman–Crippen LogP) is 3.95. The van der Waals surface area contributed by atoms with E-state index < -0.39 is 5.97 Å². The Balaban J connectivity index is 3.18. The highest BCUT2D eigenvalue weighted by Gasteiger charge is 2.21. The number of nitrogens with one attached hydrogen (secondary N) is 1. The average molecular weight is 298 g/mol. The van der Waals surface area contributed by atoms with Crippen LogP contribution < -0.4 is 5.32 Å². The number of hydrogen-bond donors (Lipinski definition) is 2. The fourth-order valence-electron chi connectivity index (χ4n) is 1.26. The first-order valence-electron chi connectivity index (χ1n) is 5.00. The third-order valence-corrected chi connectivity index (χ3v) is 3.11. The van der Waals surface area contributed by atoms with Gasteiger partial charge >= 0.3 is 5.97 Å². The first-order valence-corrected chi connectivity index (χ1v) is 6.14. The van der Waals surface area contributed by atoms with Crippen LogP contribution in [0.4, 0.5) is 5.69 Å². The largest absolute Gasteiger partial charge is 0.478 e. The lowest BCUT2D eigenvalue weighted by molar-refractivity contribution is 0.0697. The van der Waals surface area contributed by atoms with Gasteiger partial charge < -0.3 is 10.4 Å². The summed E-state index contributed by atoms with van der Waals surface area (Å²) in [5, 5.41) is 11.9. The van der Waals surface area contributed by atoms with Gasteiger partial charge in [0.1, 0.15) is 15.7 Å². The highest BCUT2D eigenvalue weighted by molar-refractivity contribution is 6.45. The molecule has 2 N–H and O–H groups in total. The molecule has 0 unspecified atom stereocenters. The molecule has 0 aliphatic heterocycles. The number of anilines is 1. The summed E-state index contributed by atoms with van der Waals surface area (Å²) < 4.78 is 0. The Morgan fingerprint density at radius 3 is 2.53 bits per heavy atom. The van der Waals surface area contributed by atoms with Crippen LogP contribution in [0.2, 0.25) is 15.3 Å². The van der Waals surface area contributed by atoms with Gasteiger partial charge in [-0.15, -0.1) is 0 Å². The highest BCUT2D eigenvalue weighted by atomic mass is 35.5. The fraction of sp³-hybridized carbons (Fsp3) is 0.400. The zero-order valence-corrected chi connectivity index (χ0v) is 11.3. The van der Waals surface area contributed by atoms with Gasteiger partial charge in [-0.25, -0.2) is 9.78 Å². The highest BCUT2D eigenvalue weighted by Crippen LogP contribution is 2.35. The maximum Gasteiger partial charge on any atom is 0.341 e. The van der Waals surface area contributed by atoms with Gasteiger partial charge in [0.2, 0.25) is 0 Å². The number of nitrogens with zero attached hydrogens (tertiary/aromatic N) is 1. The van der Waals surface area contributed by atoms with Crippen LogP contribution in [-0.2, 0) is 0 Å². The number of unbranched alkanes of at least 4 members (excludes halogenated alkanes) is 1. The number of aromatic carboxylic acids is 1. The van der Waals surface area contributed by atoms with E-state index in [0.717, 1.165) is 12.8 Å². The molecule has 0 radical (unpaired) electrons. The summed E-state index contributed by atoms with van der Waals surface area (Å²) in [5.41, 5.74) is 0.0646. The molecule has 17 heavy (non-hydrogen) atoms. The molecule has 94 valence electrons. The number of pyridine rings is 1. The molecular formula is C10H11Cl3N2O2. The Kier molecular flexibility index (Phi) is 5.31. The fourth-order valence-corrected chi connectivity index (χ4v) is 1.94. The third-order valence-electron chi connectivity index (χ3n) is 2.10. The molecule has 0 saturated heterocycles. The number of halogens is 3. The molecule has 0 bridgehead atoms. The number of carboxylic acid groups (broad SMARTS) is 1. The summed E-state index contributed by atoms with van der Waals surface area (Å²) in [6, 6.07) is 0. The summed E-state index contributed by atoms with van der Waals surface area (Å²) >= 11 is 17.4. The second kappa shape index (κ2) is 6.28. The maximum atomic E-state index is 11.1. The average Bonchev–Trinajstić information content (AvgIpc) is 2.24. The molecule has 1 aromatic rings. The lowest BCUT2D eigenvalue weighted by Gasteiger charge is -2.12. The maximum absolute atomic E-state index is 11.1. The van der Waals surface area contributed by atoms with Crippen LogP contribution in [0.1, 0.15) is 30.1 Å².